The molecule has 1 N–H and O–H groups in total. The maximum absolute atomic E-state index is 13.3. The number of rotatable bonds is 6. The number of aromatic nitrogens is 4. The molecule has 0 atom stereocenters. The Balaban J connectivity index is 1.51. The SMILES string of the molecule is Cc1ccc(Cn2c(=O)c3ccccc3n3c(SCC(=O)NC4CCCC4)nnc23)cc1. The molecule has 0 unspecified atom stereocenters. The van der Waals surface area contributed by atoms with E-state index in [1.54, 1.807) is 4.57 Å². The molecular weight excluding hydrogens is 422 g/mol. The number of carbonyl (C=O) groups excluding carboxylic acids is 1. The first kappa shape index (κ1) is 20.8. The van der Waals surface area contributed by atoms with E-state index >= 15 is 0 Å². The second kappa shape index (κ2) is 8.78. The third kappa shape index (κ3) is 4.02. The molecule has 2 aromatic carbocycles. The summed E-state index contributed by atoms with van der Waals surface area (Å²) in [5, 5.41) is 13.0. The minimum absolute atomic E-state index is 0.0101. The molecule has 7 nitrogen and oxygen atoms in total. The van der Waals surface area contributed by atoms with Gasteiger partial charge < -0.3 is 5.32 Å². The van der Waals surface area contributed by atoms with E-state index in [0.717, 1.165) is 23.9 Å². The quantitative estimate of drug-likeness (QED) is 0.457. The summed E-state index contributed by atoms with van der Waals surface area (Å²) in [6.07, 6.45) is 4.47. The second-order valence-corrected chi connectivity index (χ2v) is 9.29. The van der Waals surface area contributed by atoms with Crippen molar-refractivity contribution in [3.05, 3.63) is 70.0 Å². The van der Waals surface area contributed by atoms with Gasteiger partial charge in [0.25, 0.3) is 5.56 Å². The minimum atomic E-state index is -0.100. The summed E-state index contributed by atoms with van der Waals surface area (Å²) in [6.45, 7) is 2.44. The van der Waals surface area contributed by atoms with Gasteiger partial charge in [0.1, 0.15) is 0 Å². The van der Waals surface area contributed by atoms with Gasteiger partial charge in [-0.3, -0.25) is 18.6 Å². The zero-order chi connectivity index (χ0) is 22.1. The van der Waals surface area contributed by atoms with Crippen LogP contribution in [0.15, 0.2) is 58.5 Å². The van der Waals surface area contributed by atoms with Crippen molar-refractivity contribution >= 4 is 34.3 Å². The van der Waals surface area contributed by atoms with Crippen LogP contribution in [0.5, 0.6) is 0 Å². The van der Waals surface area contributed by atoms with Crippen molar-refractivity contribution in [3.8, 4) is 0 Å². The Labute approximate surface area is 189 Å². The van der Waals surface area contributed by atoms with E-state index < -0.39 is 0 Å². The van der Waals surface area contributed by atoms with Crippen molar-refractivity contribution in [2.45, 2.75) is 50.4 Å². The van der Waals surface area contributed by atoms with Crippen LogP contribution in [-0.2, 0) is 11.3 Å². The molecular formula is C24H25N5O2S. The van der Waals surface area contributed by atoms with Gasteiger partial charge in [-0.25, -0.2) is 0 Å². The summed E-state index contributed by atoms with van der Waals surface area (Å²) >= 11 is 1.35. The normalized spacial score (nSPS) is 14.4. The minimum Gasteiger partial charge on any atom is -0.353 e. The van der Waals surface area contributed by atoms with Crippen molar-refractivity contribution in [2.24, 2.45) is 0 Å². The number of para-hydroxylation sites is 1. The first-order valence-corrected chi connectivity index (χ1v) is 11.9. The van der Waals surface area contributed by atoms with Gasteiger partial charge in [0.2, 0.25) is 11.7 Å². The van der Waals surface area contributed by atoms with Gasteiger partial charge in [-0.15, -0.1) is 10.2 Å². The zero-order valence-corrected chi connectivity index (χ0v) is 18.8. The molecule has 1 fully saturated rings. The summed E-state index contributed by atoms with van der Waals surface area (Å²) in [5.74, 6) is 0.756. The maximum Gasteiger partial charge on any atom is 0.263 e. The lowest BCUT2D eigenvalue weighted by atomic mass is 10.1. The summed E-state index contributed by atoms with van der Waals surface area (Å²) < 4.78 is 3.54. The standard InChI is InChI=1S/C24H25N5O2S/c1-16-10-12-17(13-11-16)14-28-22(31)19-8-4-5-9-20(19)29-23(28)26-27-24(29)32-15-21(30)25-18-6-2-3-7-18/h4-5,8-13,18H,2-3,6-7,14-15H2,1H3,(H,25,30). The highest BCUT2D eigenvalue weighted by atomic mass is 32.2. The number of benzene rings is 2. The van der Waals surface area contributed by atoms with Crippen molar-refractivity contribution < 1.29 is 4.79 Å². The molecule has 4 aromatic rings. The summed E-state index contributed by atoms with van der Waals surface area (Å²) in [4.78, 5) is 25.7. The third-order valence-electron chi connectivity index (χ3n) is 5.99. The number of nitrogens with zero attached hydrogens (tertiary/aromatic N) is 4. The molecule has 5 rings (SSSR count). The molecule has 1 amide bonds. The van der Waals surface area contributed by atoms with Crippen LogP contribution in [0, 0.1) is 6.92 Å². The fourth-order valence-electron chi connectivity index (χ4n) is 4.32. The van der Waals surface area contributed by atoms with Gasteiger partial charge in [0.15, 0.2) is 5.16 Å². The van der Waals surface area contributed by atoms with Crippen molar-refractivity contribution in [1.82, 2.24) is 24.5 Å². The van der Waals surface area contributed by atoms with Gasteiger partial charge in [-0.1, -0.05) is 66.6 Å². The smallest absolute Gasteiger partial charge is 0.263 e. The molecule has 0 saturated heterocycles. The number of nitrogens with one attached hydrogen (secondary N) is 1. The molecule has 0 spiro atoms. The first-order valence-electron chi connectivity index (χ1n) is 10.9. The maximum atomic E-state index is 13.3. The van der Waals surface area contributed by atoms with Crippen LogP contribution in [0.25, 0.3) is 16.7 Å². The Morgan fingerprint density at radius 3 is 2.62 bits per heavy atom. The topological polar surface area (TPSA) is 81.3 Å². The average Bonchev–Trinajstić information content (AvgIpc) is 3.46. The first-order chi connectivity index (χ1) is 15.6. The lowest BCUT2D eigenvalue weighted by Crippen LogP contribution is -2.33. The predicted molar refractivity (Wildman–Crippen MR) is 126 cm³/mol. The Hall–Kier alpha value is -3.13. The fraction of sp³-hybridized carbons (Fsp3) is 0.333. The summed E-state index contributed by atoms with van der Waals surface area (Å²) in [6, 6.07) is 15.9. The molecule has 2 heterocycles. The lowest BCUT2D eigenvalue weighted by molar-refractivity contribution is -0.119. The van der Waals surface area contributed by atoms with Gasteiger partial charge in [-0.05, 0) is 37.5 Å². The van der Waals surface area contributed by atoms with E-state index in [9.17, 15) is 9.59 Å². The molecule has 164 valence electrons. The molecule has 0 bridgehead atoms. The van der Waals surface area contributed by atoms with E-state index in [2.05, 4.69) is 15.5 Å². The molecule has 32 heavy (non-hydrogen) atoms. The summed E-state index contributed by atoms with van der Waals surface area (Å²) in [7, 11) is 0. The predicted octanol–water partition coefficient (Wildman–Crippen LogP) is 3.55. The molecule has 0 radical (unpaired) electrons. The highest BCUT2D eigenvalue weighted by molar-refractivity contribution is 7.99. The van der Waals surface area contributed by atoms with Crippen molar-refractivity contribution in [1.29, 1.82) is 0 Å². The number of thioether (sulfide) groups is 1. The highest BCUT2D eigenvalue weighted by Gasteiger charge is 2.20. The molecule has 1 aliphatic carbocycles. The number of hydrogen-bond acceptors (Lipinski definition) is 5. The third-order valence-corrected chi connectivity index (χ3v) is 6.92. The van der Waals surface area contributed by atoms with E-state index in [4.69, 9.17) is 0 Å². The van der Waals surface area contributed by atoms with Crippen LogP contribution in [-0.4, -0.2) is 36.9 Å². The van der Waals surface area contributed by atoms with E-state index in [1.807, 2.05) is 59.9 Å². The Kier molecular flexibility index (Phi) is 5.70. The molecule has 8 heteroatoms. The van der Waals surface area contributed by atoms with Crippen LogP contribution in [0.3, 0.4) is 0 Å². The Morgan fingerprint density at radius 1 is 1.09 bits per heavy atom. The van der Waals surface area contributed by atoms with Crippen LogP contribution >= 0.6 is 11.8 Å². The van der Waals surface area contributed by atoms with Gasteiger partial charge in [0.05, 0.1) is 23.2 Å². The van der Waals surface area contributed by atoms with E-state index in [1.165, 1.54) is 30.2 Å². The Morgan fingerprint density at radius 2 is 1.84 bits per heavy atom. The van der Waals surface area contributed by atoms with Crippen LogP contribution in [0.2, 0.25) is 0 Å². The number of hydrogen-bond donors (Lipinski definition) is 1. The van der Waals surface area contributed by atoms with Gasteiger partial charge in [0, 0.05) is 6.04 Å². The van der Waals surface area contributed by atoms with E-state index in [0.29, 0.717) is 28.9 Å². The monoisotopic (exact) mass is 447 g/mol. The van der Waals surface area contributed by atoms with Crippen molar-refractivity contribution in [3.63, 3.8) is 0 Å². The average molecular weight is 448 g/mol. The Bertz CT molecular complexity index is 1340. The van der Waals surface area contributed by atoms with Crippen LogP contribution in [0.1, 0.15) is 36.8 Å². The largest absolute Gasteiger partial charge is 0.353 e. The highest BCUT2D eigenvalue weighted by Crippen LogP contribution is 2.23. The second-order valence-electron chi connectivity index (χ2n) is 8.35. The van der Waals surface area contributed by atoms with E-state index in [-0.39, 0.29) is 17.2 Å². The number of fused-ring (bicyclic) bond motifs is 3. The van der Waals surface area contributed by atoms with Crippen LogP contribution < -0.4 is 10.9 Å². The molecule has 0 aliphatic heterocycles. The molecule has 1 aliphatic rings. The number of aryl methyl sites for hydroxylation is 1. The summed E-state index contributed by atoms with van der Waals surface area (Å²) in [5.41, 5.74) is 2.83. The van der Waals surface area contributed by atoms with Crippen LogP contribution in [0.4, 0.5) is 0 Å². The van der Waals surface area contributed by atoms with Gasteiger partial charge in [-0.2, -0.15) is 0 Å². The lowest BCUT2D eigenvalue weighted by Gasteiger charge is -2.12. The molecule has 2 aromatic heterocycles. The number of carbonyl (C=O) groups is 1. The zero-order valence-electron chi connectivity index (χ0n) is 18.0. The van der Waals surface area contributed by atoms with Crippen molar-refractivity contribution in [2.75, 3.05) is 5.75 Å². The molecule has 1 saturated carbocycles. The fourth-order valence-corrected chi connectivity index (χ4v) is 5.07. The van der Waals surface area contributed by atoms with Gasteiger partial charge >= 0.3 is 0 Å². The number of amides is 1.